The summed E-state index contributed by atoms with van der Waals surface area (Å²) in [5.74, 6) is 0. The van der Waals surface area contributed by atoms with Gasteiger partial charge in [0.1, 0.15) is 0 Å². The Morgan fingerprint density at radius 1 is 1.10 bits per heavy atom. The second-order valence-electron chi connectivity index (χ2n) is 5.04. The molecule has 0 spiro atoms. The quantitative estimate of drug-likeness (QED) is 0.884. The Bertz CT molecular complexity index is 552. The van der Waals surface area contributed by atoms with Gasteiger partial charge in [-0.3, -0.25) is 0 Å². The summed E-state index contributed by atoms with van der Waals surface area (Å²) in [5, 5.41) is 0.786. The summed E-state index contributed by atoms with van der Waals surface area (Å²) in [6.45, 7) is 5.02. The number of halogens is 1. The normalized spacial score (nSPS) is 12.2. The highest BCUT2D eigenvalue weighted by molar-refractivity contribution is 6.31. The molecule has 2 nitrogen and oxygen atoms in total. The molecule has 2 N–H and O–H groups in total. The first-order valence-electron chi connectivity index (χ1n) is 6.98. The number of benzene rings is 2. The number of hydrogen-bond donors (Lipinski definition) is 1. The van der Waals surface area contributed by atoms with Crippen LogP contribution >= 0.6 is 11.6 Å². The highest BCUT2D eigenvalue weighted by Crippen LogP contribution is 2.29. The molecule has 0 bridgehead atoms. The molecule has 0 heterocycles. The number of para-hydroxylation sites is 1. The lowest BCUT2D eigenvalue weighted by atomic mass is 10.1. The molecule has 0 aliphatic rings. The molecular formula is C17H21ClN2. The lowest BCUT2D eigenvalue weighted by Crippen LogP contribution is -2.19. The minimum Gasteiger partial charge on any atom is -0.342 e. The van der Waals surface area contributed by atoms with Crippen LogP contribution in [0, 0.1) is 0 Å². The van der Waals surface area contributed by atoms with Crippen molar-refractivity contribution in [2.24, 2.45) is 5.73 Å². The number of nitrogens with zero attached hydrogens (tertiary/aromatic N) is 1. The first-order chi connectivity index (χ1) is 9.61. The highest BCUT2D eigenvalue weighted by atomic mass is 35.5. The molecule has 0 aliphatic heterocycles. The molecule has 2 aromatic rings. The zero-order valence-electron chi connectivity index (χ0n) is 12.0. The van der Waals surface area contributed by atoms with E-state index in [1.807, 2.05) is 31.2 Å². The monoisotopic (exact) mass is 288 g/mol. The fourth-order valence-corrected chi connectivity index (χ4v) is 2.59. The Hall–Kier alpha value is -1.51. The number of anilines is 2. The molecule has 2 rings (SSSR count). The molecule has 0 aromatic heterocycles. The van der Waals surface area contributed by atoms with Crippen LogP contribution in [0.5, 0.6) is 0 Å². The Morgan fingerprint density at radius 3 is 2.35 bits per heavy atom. The average molecular weight is 289 g/mol. The summed E-state index contributed by atoms with van der Waals surface area (Å²) < 4.78 is 0. The van der Waals surface area contributed by atoms with Gasteiger partial charge in [0.2, 0.25) is 0 Å². The van der Waals surface area contributed by atoms with E-state index in [0.717, 1.165) is 29.2 Å². The maximum atomic E-state index is 6.38. The Balaban J connectivity index is 2.30. The number of nitrogens with two attached hydrogens (primary N) is 1. The van der Waals surface area contributed by atoms with Crippen LogP contribution in [0.1, 0.15) is 19.4 Å². The zero-order chi connectivity index (χ0) is 14.5. The summed E-state index contributed by atoms with van der Waals surface area (Å²) in [6, 6.07) is 16.7. The molecule has 0 saturated heterocycles. The van der Waals surface area contributed by atoms with Crippen LogP contribution in [-0.2, 0) is 6.42 Å². The molecule has 20 heavy (non-hydrogen) atoms. The fourth-order valence-electron chi connectivity index (χ4n) is 2.34. The van der Waals surface area contributed by atoms with Gasteiger partial charge in [-0.25, -0.2) is 0 Å². The van der Waals surface area contributed by atoms with Crippen molar-refractivity contribution in [1.82, 2.24) is 0 Å². The van der Waals surface area contributed by atoms with Gasteiger partial charge in [0, 0.05) is 29.0 Å². The van der Waals surface area contributed by atoms with Gasteiger partial charge in [-0.1, -0.05) is 35.9 Å². The summed E-state index contributed by atoms with van der Waals surface area (Å²) in [7, 11) is 0. The van der Waals surface area contributed by atoms with E-state index in [2.05, 4.69) is 36.1 Å². The molecule has 106 valence electrons. The first kappa shape index (κ1) is 14.9. The third kappa shape index (κ3) is 3.53. The van der Waals surface area contributed by atoms with Gasteiger partial charge in [-0.05, 0) is 50.1 Å². The first-order valence-corrected chi connectivity index (χ1v) is 7.36. The van der Waals surface area contributed by atoms with Gasteiger partial charge in [-0.2, -0.15) is 0 Å². The topological polar surface area (TPSA) is 29.3 Å². The van der Waals surface area contributed by atoms with Crippen molar-refractivity contribution in [1.29, 1.82) is 0 Å². The van der Waals surface area contributed by atoms with Crippen LogP contribution in [0.4, 0.5) is 11.4 Å². The molecule has 2 aromatic carbocycles. The summed E-state index contributed by atoms with van der Waals surface area (Å²) in [5.41, 5.74) is 9.23. The van der Waals surface area contributed by atoms with E-state index in [0.29, 0.717) is 0 Å². The molecule has 1 atom stereocenters. The van der Waals surface area contributed by atoms with Crippen LogP contribution in [0.25, 0.3) is 0 Å². The maximum absolute atomic E-state index is 6.38. The summed E-state index contributed by atoms with van der Waals surface area (Å²) in [4.78, 5) is 2.24. The van der Waals surface area contributed by atoms with Gasteiger partial charge in [0.15, 0.2) is 0 Å². The van der Waals surface area contributed by atoms with Crippen molar-refractivity contribution in [3.8, 4) is 0 Å². The second-order valence-corrected chi connectivity index (χ2v) is 5.44. The van der Waals surface area contributed by atoms with E-state index < -0.39 is 0 Å². The molecule has 0 radical (unpaired) electrons. The third-order valence-corrected chi connectivity index (χ3v) is 3.63. The van der Waals surface area contributed by atoms with Crippen molar-refractivity contribution >= 4 is 23.0 Å². The van der Waals surface area contributed by atoms with Gasteiger partial charge in [0.05, 0.1) is 0 Å². The van der Waals surface area contributed by atoms with Crippen molar-refractivity contribution in [3.63, 3.8) is 0 Å². The summed E-state index contributed by atoms with van der Waals surface area (Å²) >= 11 is 6.38. The number of hydrogen-bond acceptors (Lipinski definition) is 2. The van der Waals surface area contributed by atoms with E-state index in [4.69, 9.17) is 17.3 Å². The molecule has 1 unspecified atom stereocenters. The van der Waals surface area contributed by atoms with Gasteiger partial charge >= 0.3 is 0 Å². The van der Waals surface area contributed by atoms with Crippen molar-refractivity contribution in [2.75, 3.05) is 11.4 Å². The van der Waals surface area contributed by atoms with E-state index in [1.54, 1.807) is 0 Å². The predicted octanol–water partition coefficient (Wildman–Crippen LogP) is 4.39. The van der Waals surface area contributed by atoms with E-state index in [9.17, 15) is 0 Å². The summed E-state index contributed by atoms with van der Waals surface area (Å²) in [6.07, 6.45) is 0.802. The van der Waals surface area contributed by atoms with Crippen molar-refractivity contribution in [3.05, 3.63) is 59.1 Å². The zero-order valence-corrected chi connectivity index (χ0v) is 12.8. The van der Waals surface area contributed by atoms with Crippen LogP contribution in [0.2, 0.25) is 5.02 Å². The Labute approximate surface area is 126 Å². The van der Waals surface area contributed by atoms with Crippen molar-refractivity contribution < 1.29 is 0 Å². The third-order valence-electron chi connectivity index (χ3n) is 3.27. The second kappa shape index (κ2) is 6.78. The van der Waals surface area contributed by atoms with E-state index in [1.165, 1.54) is 5.69 Å². The Kier molecular flexibility index (Phi) is 5.05. The molecule has 3 heteroatoms. The van der Waals surface area contributed by atoms with Gasteiger partial charge in [0.25, 0.3) is 0 Å². The average Bonchev–Trinajstić information content (AvgIpc) is 2.43. The molecule has 0 amide bonds. The smallest absolute Gasteiger partial charge is 0.0459 e. The highest BCUT2D eigenvalue weighted by Gasteiger charge is 2.10. The van der Waals surface area contributed by atoms with Crippen LogP contribution < -0.4 is 10.6 Å². The van der Waals surface area contributed by atoms with Crippen LogP contribution in [0.15, 0.2) is 48.5 Å². The van der Waals surface area contributed by atoms with Gasteiger partial charge < -0.3 is 10.6 Å². The molecule has 0 fully saturated rings. The molecular weight excluding hydrogens is 268 g/mol. The standard InChI is InChI=1S/C17H21ClN2/c1-3-20(15-7-5-4-6-8-15)16-10-9-14(11-13(2)19)17(18)12-16/h4-10,12-13H,3,11,19H2,1-2H3. The number of rotatable bonds is 5. The van der Waals surface area contributed by atoms with E-state index in [-0.39, 0.29) is 6.04 Å². The predicted molar refractivity (Wildman–Crippen MR) is 87.9 cm³/mol. The lowest BCUT2D eigenvalue weighted by Gasteiger charge is -2.24. The molecule has 0 aliphatic carbocycles. The fraction of sp³-hybridized carbons (Fsp3) is 0.294. The van der Waals surface area contributed by atoms with Crippen LogP contribution in [0.3, 0.4) is 0 Å². The molecule has 0 saturated carbocycles. The lowest BCUT2D eigenvalue weighted by molar-refractivity contribution is 0.738. The van der Waals surface area contributed by atoms with E-state index >= 15 is 0 Å². The SMILES string of the molecule is CCN(c1ccccc1)c1ccc(CC(C)N)c(Cl)c1. The minimum atomic E-state index is 0.120. The van der Waals surface area contributed by atoms with Crippen LogP contribution in [-0.4, -0.2) is 12.6 Å². The largest absolute Gasteiger partial charge is 0.342 e. The van der Waals surface area contributed by atoms with Gasteiger partial charge in [-0.15, -0.1) is 0 Å². The minimum absolute atomic E-state index is 0.120. The Morgan fingerprint density at radius 2 is 1.80 bits per heavy atom. The maximum Gasteiger partial charge on any atom is 0.0459 e. The van der Waals surface area contributed by atoms with Crippen molar-refractivity contribution in [2.45, 2.75) is 26.3 Å².